The van der Waals surface area contributed by atoms with Crippen molar-refractivity contribution in [3.63, 3.8) is 0 Å². The number of nitrogens with zero attached hydrogens (tertiary/aromatic N) is 1. The van der Waals surface area contributed by atoms with Crippen LogP contribution in [-0.4, -0.2) is 60.0 Å². The van der Waals surface area contributed by atoms with Crippen LogP contribution in [0.5, 0.6) is 5.75 Å². The molecule has 3 aliphatic heterocycles. The van der Waals surface area contributed by atoms with Gasteiger partial charge in [0.2, 0.25) is 5.91 Å². The highest BCUT2D eigenvalue weighted by atomic mass is 32.2. The van der Waals surface area contributed by atoms with Crippen LogP contribution < -0.4 is 10.1 Å². The maximum Gasteiger partial charge on any atom is 0.282 e. The Morgan fingerprint density at radius 1 is 1.17 bits per heavy atom. The van der Waals surface area contributed by atoms with Gasteiger partial charge in [0.05, 0.1) is 19.3 Å². The van der Waals surface area contributed by atoms with Crippen molar-refractivity contribution in [2.45, 2.75) is 82.4 Å². The van der Waals surface area contributed by atoms with Gasteiger partial charge in [0, 0.05) is 37.9 Å². The van der Waals surface area contributed by atoms with E-state index in [1.54, 1.807) is 20.3 Å². The highest BCUT2D eigenvalue weighted by Crippen LogP contribution is 2.42. The molecule has 1 unspecified atom stereocenters. The molecule has 0 radical (unpaired) electrons. The normalized spacial score (nSPS) is 32.2. The Hall–Kier alpha value is -2.29. The molecule has 3 aliphatic rings. The summed E-state index contributed by atoms with van der Waals surface area (Å²) in [5, 5.41) is 3.23. The molecule has 7 nitrogen and oxygen atoms in total. The number of rotatable bonds is 5. The van der Waals surface area contributed by atoms with E-state index in [0.29, 0.717) is 18.7 Å². The second-order valence-electron chi connectivity index (χ2n) is 9.90. The van der Waals surface area contributed by atoms with Gasteiger partial charge in [-0.25, -0.2) is 0 Å². The lowest BCUT2D eigenvalue weighted by atomic mass is 9.89. The summed E-state index contributed by atoms with van der Waals surface area (Å²) < 4.78 is 18.1. The summed E-state index contributed by atoms with van der Waals surface area (Å²) in [6.45, 7) is 2.47. The van der Waals surface area contributed by atoms with Crippen LogP contribution in [0.3, 0.4) is 0 Å². The monoisotopic (exact) mass is 514 g/mol. The van der Waals surface area contributed by atoms with Crippen LogP contribution in [0.1, 0.15) is 57.4 Å². The molecule has 2 bridgehead atoms. The fourth-order valence-electron chi connectivity index (χ4n) is 5.36. The van der Waals surface area contributed by atoms with Crippen LogP contribution >= 0.6 is 11.8 Å². The Balaban J connectivity index is 1.58. The van der Waals surface area contributed by atoms with Gasteiger partial charge in [-0.2, -0.15) is 0 Å². The first-order valence-corrected chi connectivity index (χ1v) is 13.8. The molecule has 8 heteroatoms. The number of thioether (sulfide) groups is 1. The maximum absolute atomic E-state index is 13.0. The van der Waals surface area contributed by atoms with E-state index in [0.717, 1.165) is 55.4 Å². The van der Waals surface area contributed by atoms with Crippen molar-refractivity contribution in [3.05, 3.63) is 53.6 Å². The quantitative estimate of drug-likeness (QED) is 0.544. The van der Waals surface area contributed by atoms with Gasteiger partial charge >= 0.3 is 0 Å². The molecule has 2 fully saturated rings. The molecule has 196 valence electrons. The number of nitrogens with one attached hydrogen (secondary N) is 1. The Kier molecular flexibility index (Phi) is 9.14. The second-order valence-corrected chi connectivity index (χ2v) is 10.9. The zero-order valence-corrected chi connectivity index (χ0v) is 22.4. The summed E-state index contributed by atoms with van der Waals surface area (Å²) in [7, 11) is 3.30. The first kappa shape index (κ1) is 26.8. The standard InChI is InChI=1S/C28H38N2O5S/c1-20-9-7-5-4-6-8-10-24-16-22(29-26(31)15-20)17-28(34-3,35-24)25-19-36-27(32)30(25)18-21-11-13-23(33-2)14-12-21/h4-5,11-15,22,24-25H,6-10,16-19H2,1-3H3,(H,29,31)/b5-4+,20-15-/t22-,24?,25+,28-/m1/s1. The molecule has 3 heterocycles. The molecule has 0 aliphatic carbocycles. The van der Waals surface area contributed by atoms with Crippen LogP contribution in [0.25, 0.3) is 0 Å². The third kappa shape index (κ3) is 6.52. The number of amides is 2. The number of carbonyl (C=O) groups excluding carboxylic acids is 2. The lowest BCUT2D eigenvalue weighted by Crippen LogP contribution is -2.62. The van der Waals surface area contributed by atoms with E-state index >= 15 is 0 Å². The molecular weight excluding hydrogens is 476 g/mol. The SMILES string of the molecule is COc1ccc(CN2C(=O)SC[C@H]2[C@@]2(OC)C[C@H]3CC(CCC/C=C/CC/C(C)=C\C(=O)N3)O2)cc1. The van der Waals surface area contributed by atoms with Crippen molar-refractivity contribution in [1.82, 2.24) is 10.2 Å². The van der Waals surface area contributed by atoms with Gasteiger partial charge in [-0.05, 0) is 63.1 Å². The van der Waals surface area contributed by atoms with Crippen molar-refractivity contribution in [2.24, 2.45) is 0 Å². The Labute approximate surface area is 218 Å². The molecule has 0 saturated carbocycles. The summed E-state index contributed by atoms with van der Waals surface area (Å²) in [5.74, 6) is 0.300. The van der Waals surface area contributed by atoms with Crippen LogP contribution in [0.15, 0.2) is 48.1 Å². The zero-order valence-electron chi connectivity index (χ0n) is 21.5. The van der Waals surface area contributed by atoms with Gasteiger partial charge in [-0.1, -0.05) is 41.6 Å². The van der Waals surface area contributed by atoms with E-state index < -0.39 is 5.79 Å². The minimum absolute atomic E-state index is 0.0180. The Morgan fingerprint density at radius 3 is 2.69 bits per heavy atom. The minimum atomic E-state index is -0.988. The van der Waals surface area contributed by atoms with Gasteiger partial charge in [0.25, 0.3) is 5.24 Å². The largest absolute Gasteiger partial charge is 0.497 e. The first-order valence-electron chi connectivity index (χ1n) is 12.8. The number of hydrogen-bond acceptors (Lipinski definition) is 6. The summed E-state index contributed by atoms with van der Waals surface area (Å²) >= 11 is 1.30. The van der Waals surface area contributed by atoms with Crippen LogP contribution in [0.4, 0.5) is 4.79 Å². The van der Waals surface area contributed by atoms with E-state index in [-0.39, 0.29) is 29.3 Å². The minimum Gasteiger partial charge on any atom is -0.497 e. The summed E-state index contributed by atoms with van der Waals surface area (Å²) in [5.41, 5.74) is 2.08. The van der Waals surface area contributed by atoms with E-state index in [1.165, 1.54) is 11.8 Å². The van der Waals surface area contributed by atoms with Gasteiger partial charge < -0.3 is 24.4 Å². The number of hydrogen-bond donors (Lipinski definition) is 1. The van der Waals surface area contributed by atoms with Crippen LogP contribution in [0.2, 0.25) is 0 Å². The summed E-state index contributed by atoms with van der Waals surface area (Å²) in [6.07, 6.45) is 12.0. The molecule has 2 saturated heterocycles. The average Bonchev–Trinajstić information content (AvgIpc) is 3.23. The smallest absolute Gasteiger partial charge is 0.282 e. The number of methoxy groups -OCH3 is 2. The molecule has 0 aromatic heterocycles. The van der Waals surface area contributed by atoms with E-state index in [4.69, 9.17) is 14.2 Å². The van der Waals surface area contributed by atoms with Gasteiger partial charge in [0.15, 0.2) is 5.79 Å². The van der Waals surface area contributed by atoms with Crippen molar-refractivity contribution in [2.75, 3.05) is 20.0 Å². The number of carbonyl (C=O) groups is 2. The molecule has 2 amide bonds. The van der Waals surface area contributed by atoms with Crippen molar-refractivity contribution >= 4 is 22.9 Å². The van der Waals surface area contributed by atoms with Gasteiger partial charge in [0.1, 0.15) is 5.75 Å². The predicted molar refractivity (Wildman–Crippen MR) is 142 cm³/mol. The van der Waals surface area contributed by atoms with Gasteiger partial charge in [-0.15, -0.1) is 0 Å². The number of benzene rings is 1. The van der Waals surface area contributed by atoms with Crippen molar-refractivity contribution < 1.29 is 23.8 Å². The molecule has 1 N–H and O–H groups in total. The number of ether oxygens (including phenoxy) is 3. The Bertz CT molecular complexity index is 979. The molecule has 4 rings (SSSR count). The fraction of sp³-hybridized carbons (Fsp3) is 0.571. The molecule has 4 atom stereocenters. The highest BCUT2D eigenvalue weighted by Gasteiger charge is 2.53. The van der Waals surface area contributed by atoms with Crippen molar-refractivity contribution in [3.8, 4) is 5.75 Å². The predicted octanol–water partition coefficient (Wildman–Crippen LogP) is 5.21. The van der Waals surface area contributed by atoms with Crippen LogP contribution in [-0.2, 0) is 20.8 Å². The van der Waals surface area contributed by atoms with Crippen molar-refractivity contribution in [1.29, 1.82) is 0 Å². The lowest BCUT2D eigenvalue weighted by Gasteiger charge is -2.48. The third-order valence-corrected chi connectivity index (χ3v) is 8.24. The second kappa shape index (κ2) is 12.3. The summed E-state index contributed by atoms with van der Waals surface area (Å²) in [4.78, 5) is 27.7. The molecule has 1 aromatic carbocycles. The van der Waals surface area contributed by atoms with E-state index in [1.807, 2.05) is 36.1 Å². The molecule has 1 aromatic rings. The summed E-state index contributed by atoms with van der Waals surface area (Å²) in [6, 6.07) is 7.41. The topological polar surface area (TPSA) is 77.1 Å². The zero-order chi connectivity index (χ0) is 25.5. The molecule has 36 heavy (non-hydrogen) atoms. The van der Waals surface area contributed by atoms with Crippen LogP contribution in [0, 0.1) is 0 Å². The number of allylic oxidation sites excluding steroid dienone is 3. The Morgan fingerprint density at radius 2 is 1.94 bits per heavy atom. The molecule has 0 spiro atoms. The average molecular weight is 515 g/mol. The highest BCUT2D eigenvalue weighted by molar-refractivity contribution is 8.13. The van der Waals surface area contributed by atoms with E-state index in [9.17, 15) is 9.59 Å². The fourth-order valence-corrected chi connectivity index (χ4v) is 6.45. The van der Waals surface area contributed by atoms with E-state index in [2.05, 4.69) is 17.5 Å². The maximum atomic E-state index is 13.0. The van der Waals surface area contributed by atoms with Gasteiger partial charge in [-0.3, -0.25) is 9.59 Å². The molecular formula is C28H38N2O5S. The first-order chi connectivity index (χ1) is 17.4. The third-order valence-electron chi connectivity index (χ3n) is 7.28. The number of fused-ring (bicyclic) bond motifs is 2. The lowest BCUT2D eigenvalue weighted by molar-refractivity contribution is -0.294.